The zero-order valence-corrected chi connectivity index (χ0v) is 11.8. The molecule has 0 amide bonds. The van der Waals surface area contributed by atoms with E-state index in [1.807, 2.05) is 0 Å². The van der Waals surface area contributed by atoms with Gasteiger partial charge in [0.1, 0.15) is 0 Å². The molecule has 0 unspecified atom stereocenters. The van der Waals surface area contributed by atoms with Gasteiger partial charge >= 0.3 is 11.7 Å². The molecule has 0 atom stereocenters. The van der Waals surface area contributed by atoms with Crippen LogP contribution in [0.1, 0.15) is 10.4 Å². The summed E-state index contributed by atoms with van der Waals surface area (Å²) in [5.41, 5.74) is 5.66. The average molecular weight is 305 g/mol. The minimum absolute atomic E-state index is 0.144. The molecule has 1 aromatic heterocycles. The summed E-state index contributed by atoms with van der Waals surface area (Å²) in [6.45, 7) is 0. The van der Waals surface area contributed by atoms with Gasteiger partial charge in [-0.1, -0.05) is 17.8 Å². The van der Waals surface area contributed by atoms with E-state index in [0.29, 0.717) is 15.4 Å². The van der Waals surface area contributed by atoms with E-state index in [1.165, 1.54) is 19.4 Å². The Kier molecular flexibility index (Phi) is 4.39. The highest BCUT2D eigenvalue weighted by molar-refractivity contribution is 7.99. The van der Waals surface area contributed by atoms with Crippen molar-refractivity contribution < 1.29 is 14.5 Å². The van der Waals surface area contributed by atoms with Crippen LogP contribution in [0.25, 0.3) is 0 Å². The van der Waals surface area contributed by atoms with Crippen LogP contribution >= 0.6 is 11.8 Å². The molecule has 0 radical (unpaired) electrons. The number of hydrogen-bond donors (Lipinski definition) is 1. The summed E-state index contributed by atoms with van der Waals surface area (Å²) in [5.74, 6) is -0.615. The number of pyridine rings is 1. The van der Waals surface area contributed by atoms with Crippen LogP contribution in [-0.2, 0) is 4.74 Å². The second-order valence-corrected chi connectivity index (χ2v) is 5.04. The normalized spacial score (nSPS) is 10.1. The molecule has 0 bridgehead atoms. The average Bonchev–Trinajstić information content (AvgIpc) is 2.46. The molecule has 2 rings (SSSR count). The summed E-state index contributed by atoms with van der Waals surface area (Å²) >= 11 is 1.13. The zero-order valence-electron chi connectivity index (χ0n) is 11.0. The fourth-order valence-corrected chi connectivity index (χ4v) is 2.64. The van der Waals surface area contributed by atoms with E-state index in [1.54, 1.807) is 24.3 Å². The highest BCUT2D eigenvalue weighted by Crippen LogP contribution is 2.37. The first-order valence-corrected chi connectivity index (χ1v) is 6.59. The van der Waals surface area contributed by atoms with Gasteiger partial charge < -0.3 is 10.5 Å². The van der Waals surface area contributed by atoms with Gasteiger partial charge in [0, 0.05) is 11.1 Å². The summed E-state index contributed by atoms with van der Waals surface area (Å²) in [6.07, 6.45) is 1.40. The first-order chi connectivity index (χ1) is 10.0. The van der Waals surface area contributed by atoms with E-state index in [-0.39, 0.29) is 11.5 Å². The third-order valence-electron chi connectivity index (χ3n) is 2.58. The Morgan fingerprint density at radius 2 is 2.19 bits per heavy atom. The highest BCUT2D eigenvalue weighted by Gasteiger charge is 2.20. The first-order valence-electron chi connectivity index (χ1n) is 5.78. The number of hydrogen-bond acceptors (Lipinski definition) is 7. The smallest absolute Gasteiger partial charge is 0.337 e. The van der Waals surface area contributed by atoms with Gasteiger partial charge in [0.2, 0.25) is 5.82 Å². The quantitative estimate of drug-likeness (QED) is 0.525. The third kappa shape index (κ3) is 3.29. The Hall–Kier alpha value is -2.61. The monoisotopic (exact) mass is 305 g/mol. The molecule has 1 heterocycles. The van der Waals surface area contributed by atoms with Gasteiger partial charge in [-0.2, -0.15) is 0 Å². The molecule has 0 aliphatic heterocycles. The number of carbonyl (C=O) groups excluding carboxylic acids is 1. The number of nitrogen functional groups attached to an aromatic ring is 1. The molecule has 0 saturated heterocycles. The van der Waals surface area contributed by atoms with Crippen molar-refractivity contribution in [1.29, 1.82) is 0 Å². The van der Waals surface area contributed by atoms with Gasteiger partial charge in [-0.25, -0.2) is 9.78 Å². The van der Waals surface area contributed by atoms with Crippen molar-refractivity contribution in [3.63, 3.8) is 0 Å². The summed E-state index contributed by atoms with van der Waals surface area (Å²) in [6, 6.07) is 8.11. The minimum atomic E-state index is -0.575. The standard InChI is InChI=1S/C13H11N3O4S/c1-20-13(17)8-3-2-4-9(7-8)21-10-5-6-15-12(14)11(10)16(18)19/h2-7H,1H3,(H2,14,15). The van der Waals surface area contributed by atoms with Crippen LogP contribution in [0.3, 0.4) is 0 Å². The van der Waals surface area contributed by atoms with E-state index in [0.717, 1.165) is 11.8 Å². The van der Waals surface area contributed by atoms with Gasteiger partial charge in [-0.05, 0) is 24.3 Å². The van der Waals surface area contributed by atoms with E-state index >= 15 is 0 Å². The van der Waals surface area contributed by atoms with Crippen molar-refractivity contribution in [2.75, 3.05) is 12.8 Å². The lowest BCUT2D eigenvalue weighted by Crippen LogP contribution is -2.01. The lowest BCUT2D eigenvalue weighted by atomic mass is 10.2. The molecule has 2 N–H and O–H groups in total. The number of nitro groups is 1. The van der Waals surface area contributed by atoms with E-state index in [4.69, 9.17) is 5.73 Å². The number of benzene rings is 1. The van der Waals surface area contributed by atoms with E-state index < -0.39 is 10.9 Å². The van der Waals surface area contributed by atoms with Crippen LogP contribution in [0, 0.1) is 10.1 Å². The Morgan fingerprint density at radius 1 is 1.43 bits per heavy atom. The van der Waals surface area contributed by atoms with Crippen molar-refractivity contribution >= 4 is 29.2 Å². The second-order valence-electron chi connectivity index (χ2n) is 3.92. The van der Waals surface area contributed by atoms with Gasteiger partial charge in [0.15, 0.2) is 0 Å². The lowest BCUT2D eigenvalue weighted by molar-refractivity contribution is -0.387. The number of ether oxygens (including phenoxy) is 1. The minimum Gasteiger partial charge on any atom is -0.465 e. The molecule has 0 aliphatic carbocycles. The number of carbonyl (C=O) groups is 1. The van der Waals surface area contributed by atoms with Crippen molar-refractivity contribution in [3.05, 3.63) is 52.2 Å². The maximum absolute atomic E-state index is 11.5. The second kappa shape index (κ2) is 6.23. The number of rotatable bonds is 4. The molecule has 7 nitrogen and oxygen atoms in total. The first kappa shape index (κ1) is 14.8. The van der Waals surface area contributed by atoms with Gasteiger partial charge in [0.25, 0.3) is 0 Å². The van der Waals surface area contributed by atoms with Crippen LogP contribution in [-0.4, -0.2) is 23.0 Å². The topological polar surface area (TPSA) is 108 Å². The maximum atomic E-state index is 11.5. The Labute approximate surface area is 124 Å². The Bertz CT molecular complexity index is 706. The number of anilines is 1. The van der Waals surface area contributed by atoms with E-state index in [2.05, 4.69) is 9.72 Å². The molecular formula is C13H11N3O4S. The van der Waals surface area contributed by atoms with Crippen molar-refractivity contribution in [1.82, 2.24) is 4.98 Å². The van der Waals surface area contributed by atoms with Gasteiger partial charge in [-0.3, -0.25) is 10.1 Å². The molecule has 108 valence electrons. The van der Waals surface area contributed by atoms with Crippen LogP contribution in [0.2, 0.25) is 0 Å². The van der Waals surface area contributed by atoms with Crippen LogP contribution in [0.4, 0.5) is 11.5 Å². The molecule has 0 saturated carbocycles. The summed E-state index contributed by atoms with van der Waals surface area (Å²) in [5, 5.41) is 11.1. The number of esters is 1. The predicted octanol–water partition coefficient (Wildman–Crippen LogP) is 2.51. The van der Waals surface area contributed by atoms with Crippen LogP contribution in [0.5, 0.6) is 0 Å². The van der Waals surface area contributed by atoms with E-state index in [9.17, 15) is 14.9 Å². The maximum Gasteiger partial charge on any atom is 0.337 e. The number of methoxy groups -OCH3 is 1. The molecule has 2 aromatic rings. The fourth-order valence-electron chi connectivity index (χ4n) is 1.65. The Balaban J connectivity index is 2.37. The number of aromatic nitrogens is 1. The molecule has 21 heavy (non-hydrogen) atoms. The molecule has 8 heteroatoms. The SMILES string of the molecule is COC(=O)c1cccc(Sc2ccnc(N)c2[N+](=O)[O-])c1. The fraction of sp³-hybridized carbons (Fsp3) is 0.0769. The molecular weight excluding hydrogens is 294 g/mol. The Morgan fingerprint density at radius 3 is 2.86 bits per heavy atom. The van der Waals surface area contributed by atoms with Crippen molar-refractivity contribution in [2.24, 2.45) is 0 Å². The number of nitrogens with two attached hydrogens (primary N) is 1. The van der Waals surface area contributed by atoms with Gasteiger partial charge in [0.05, 0.1) is 22.5 Å². The summed E-state index contributed by atoms with van der Waals surface area (Å²) in [4.78, 5) is 26.7. The van der Waals surface area contributed by atoms with Crippen molar-refractivity contribution in [2.45, 2.75) is 9.79 Å². The largest absolute Gasteiger partial charge is 0.465 e. The highest BCUT2D eigenvalue weighted by atomic mass is 32.2. The molecule has 0 fully saturated rings. The number of nitrogens with zero attached hydrogens (tertiary/aromatic N) is 2. The van der Waals surface area contributed by atoms with Crippen LogP contribution < -0.4 is 5.73 Å². The third-order valence-corrected chi connectivity index (χ3v) is 3.62. The molecule has 1 aromatic carbocycles. The summed E-state index contributed by atoms with van der Waals surface area (Å²) in [7, 11) is 1.29. The van der Waals surface area contributed by atoms with Gasteiger partial charge in [-0.15, -0.1) is 0 Å². The lowest BCUT2D eigenvalue weighted by Gasteiger charge is -2.05. The van der Waals surface area contributed by atoms with Crippen molar-refractivity contribution in [3.8, 4) is 0 Å². The summed E-state index contributed by atoms with van der Waals surface area (Å²) < 4.78 is 4.64. The molecule has 0 spiro atoms. The predicted molar refractivity (Wildman–Crippen MR) is 77.2 cm³/mol. The zero-order chi connectivity index (χ0) is 15.4. The molecule has 0 aliphatic rings. The van der Waals surface area contributed by atoms with Crippen LogP contribution in [0.15, 0.2) is 46.3 Å².